The molecule has 0 unspecified atom stereocenters. The second kappa shape index (κ2) is 7.31. The van der Waals surface area contributed by atoms with Gasteiger partial charge in [0.05, 0.1) is 0 Å². The van der Waals surface area contributed by atoms with Gasteiger partial charge in [0.1, 0.15) is 0 Å². The van der Waals surface area contributed by atoms with Crippen molar-refractivity contribution in [3.63, 3.8) is 0 Å². The van der Waals surface area contributed by atoms with Crippen LogP contribution in [0.1, 0.15) is 44.6 Å². The van der Waals surface area contributed by atoms with E-state index in [1.165, 1.54) is 31.2 Å². The van der Waals surface area contributed by atoms with Crippen molar-refractivity contribution in [1.82, 2.24) is 15.3 Å². The predicted octanol–water partition coefficient (Wildman–Crippen LogP) is 2.36. The van der Waals surface area contributed by atoms with Crippen LogP contribution in [0.15, 0.2) is 12.4 Å². The Labute approximate surface area is 110 Å². The Morgan fingerprint density at radius 3 is 2.39 bits per heavy atom. The molecule has 18 heavy (non-hydrogen) atoms. The summed E-state index contributed by atoms with van der Waals surface area (Å²) in [7, 11) is 0. The number of anilines is 1. The zero-order valence-corrected chi connectivity index (χ0v) is 11.4. The van der Waals surface area contributed by atoms with Gasteiger partial charge in [0.15, 0.2) is 0 Å². The summed E-state index contributed by atoms with van der Waals surface area (Å²) in [6.45, 7) is 6.30. The predicted molar refractivity (Wildman–Crippen MR) is 74.7 cm³/mol. The van der Waals surface area contributed by atoms with Gasteiger partial charge in [-0.25, -0.2) is 9.97 Å². The molecule has 1 aromatic heterocycles. The molecule has 1 aliphatic rings. The second-order valence-corrected chi connectivity index (χ2v) is 4.97. The van der Waals surface area contributed by atoms with Crippen LogP contribution < -0.4 is 10.2 Å². The van der Waals surface area contributed by atoms with E-state index in [-0.39, 0.29) is 0 Å². The summed E-state index contributed by atoms with van der Waals surface area (Å²) < 4.78 is 0. The molecular formula is C14H24N4. The maximum absolute atomic E-state index is 4.50. The Morgan fingerprint density at radius 2 is 1.78 bits per heavy atom. The SMILES string of the molecule is CCCNCc1cnc(N2CCCCCC2)nc1. The highest BCUT2D eigenvalue weighted by molar-refractivity contribution is 5.29. The highest BCUT2D eigenvalue weighted by Crippen LogP contribution is 2.14. The second-order valence-electron chi connectivity index (χ2n) is 4.97. The lowest BCUT2D eigenvalue weighted by atomic mass is 10.2. The molecule has 0 bridgehead atoms. The van der Waals surface area contributed by atoms with Crippen LogP contribution in [-0.2, 0) is 6.54 Å². The number of nitrogens with one attached hydrogen (secondary N) is 1. The fraction of sp³-hybridized carbons (Fsp3) is 0.714. The van der Waals surface area contributed by atoms with Crippen LogP contribution in [0, 0.1) is 0 Å². The molecule has 4 nitrogen and oxygen atoms in total. The number of rotatable bonds is 5. The van der Waals surface area contributed by atoms with Crippen molar-refractivity contribution in [2.45, 2.75) is 45.6 Å². The molecule has 1 aromatic rings. The quantitative estimate of drug-likeness (QED) is 0.812. The van der Waals surface area contributed by atoms with Gasteiger partial charge in [0, 0.05) is 37.6 Å². The van der Waals surface area contributed by atoms with Crippen LogP contribution >= 0.6 is 0 Å². The van der Waals surface area contributed by atoms with Crippen molar-refractivity contribution in [1.29, 1.82) is 0 Å². The molecule has 0 atom stereocenters. The van der Waals surface area contributed by atoms with E-state index in [1.54, 1.807) is 0 Å². The molecule has 2 rings (SSSR count). The van der Waals surface area contributed by atoms with Crippen LogP contribution in [0.3, 0.4) is 0 Å². The van der Waals surface area contributed by atoms with Gasteiger partial charge in [-0.1, -0.05) is 19.8 Å². The normalized spacial score (nSPS) is 16.6. The third-order valence-corrected chi connectivity index (χ3v) is 3.34. The van der Waals surface area contributed by atoms with Crippen molar-refractivity contribution < 1.29 is 0 Å². The first-order valence-electron chi connectivity index (χ1n) is 7.16. The molecule has 2 heterocycles. The molecule has 1 saturated heterocycles. The zero-order chi connectivity index (χ0) is 12.6. The van der Waals surface area contributed by atoms with Crippen molar-refractivity contribution in [3.8, 4) is 0 Å². The first kappa shape index (κ1) is 13.3. The largest absolute Gasteiger partial charge is 0.341 e. The lowest BCUT2D eigenvalue weighted by Crippen LogP contribution is -2.26. The maximum atomic E-state index is 4.50. The topological polar surface area (TPSA) is 41.1 Å². The molecule has 0 spiro atoms. The van der Waals surface area contributed by atoms with E-state index < -0.39 is 0 Å². The fourth-order valence-corrected chi connectivity index (χ4v) is 2.28. The van der Waals surface area contributed by atoms with E-state index in [2.05, 4.69) is 27.1 Å². The zero-order valence-electron chi connectivity index (χ0n) is 11.4. The van der Waals surface area contributed by atoms with Gasteiger partial charge in [-0.2, -0.15) is 0 Å². The van der Waals surface area contributed by atoms with Crippen molar-refractivity contribution in [2.75, 3.05) is 24.5 Å². The van der Waals surface area contributed by atoms with Gasteiger partial charge in [-0.15, -0.1) is 0 Å². The molecule has 4 heteroatoms. The van der Waals surface area contributed by atoms with Gasteiger partial charge in [0.25, 0.3) is 0 Å². The third-order valence-electron chi connectivity index (χ3n) is 3.34. The number of nitrogens with zero attached hydrogens (tertiary/aromatic N) is 3. The Bertz CT molecular complexity index is 328. The van der Waals surface area contributed by atoms with E-state index in [0.29, 0.717) is 0 Å². The summed E-state index contributed by atoms with van der Waals surface area (Å²) in [6.07, 6.45) is 10.3. The standard InChI is InChI=1S/C14H24N4/c1-2-7-15-10-13-11-16-14(17-12-13)18-8-5-3-4-6-9-18/h11-12,15H,2-10H2,1H3. The monoisotopic (exact) mass is 248 g/mol. The fourth-order valence-electron chi connectivity index (χ4n) is 2.28. The molecule has 1 fully saturated rings. The van der Waals surface area contributed by atoms with Crippen LogP contribution in [0.5, 0.6) is 0 Å². The van der Waals surface area contributed by atoms with Gasteiger partial charge in [-0.05, 0) is 25.8 Å². The van der Waals surface area contributed by atoms with Crippen LogP contribution in [-0.4, -0.2) is 29.6 Å². The lowest BCUT2D eigenvalue weighted by Gasteiger charge is -2.19. The van der Waals surface area contributed by atoms with E-state index in [0.717, 1.165) is 38.5 Å². The Balaban J connectivity index is 1.89. The molecule has 0 aromatic carbocycles. The highest BCUT2D eigenvalue weighted by atomic mass is 15.2. The summed E-state index contributed by atoms with van der Waals surface area (Å²) >= 11 is 0. The molecule has 0 amide bonds. The van der Waals surface area contributed by atoms with Gasteiger partial charge in [-0.3, -0.25) is 0 Å². The number of aromatic nitrogens is 2. The summed E-state index contributed by atoms with van der Waals surface area (Å²) in [4.78, 5) is 11.3. The van der Waals surface area contributed by atoms with Crippen LogP contribution in [0.25, 0.3) is 0 Å². The number of hydrogen-bond acceptors (Lipinski definition) is 4. The number of hydrogen-bond donors (Lipinski definition) is 1. The van der Waals surface area contributed by atoms with Gasteiger partial charge >= 0.3 is 0 Å². The first-order chi connectivity index (χ1) is 8.90. The average molecular weight is 248 g/mol. The van der Waals surface area contributed by atoms with Crippen molar-refractivity contribution in [3.05, 3.63) is 18.0 Å². The smallest absolute Gasteiger partial charge is 0.225 e. The summed E-state index contributed by atoms with van der Waals surface area (Å²) in [5.74, 6) is 0.899. The van der Waals surface area contributed by atoms with Gasteiger partial charge < -0.3 is 10.2 Å². The molecule has 0 radical (unpaired) electrons. The summed E-state index contributed by atoms with van der Waals surface area (Å²) in [6, 6.07) is 0. The summed E-state index contributed by atoms with van der Waals surface area (Å²) in [5, 5.41) is 3.37. The minimum Gasteiger partial charge on any atom is -0.341 e. The lowest BCUT2D eigenvalue weighted by molar-refractivity contribution is 0.670. The minimum absolute atomic E-state index is 0.869. The van der Waals surface area contributed by atoms with E-state index in [1.807, 2.05) is 12.4 Å². The van der Waals surface area contributed by atoms with Gasteiger partial charge in [0.2, 0.25) is 5.95 Å². The van der Waals surface area contributed by atoms with E-state index in [9.17, 15) is 0 Å². The molecule has 0 aliphatic carbocycles. The Hall–Kier alpha value is -1.16. The highest BCUT2D eigenvalue weighted by Gasteiger charge is 2.11. The maximum Gasteiger partial charge on any atom is 0.225 e. The molecular weight excluding hydrogens is 224 g/mol. The summed E-state index contributed by atoms with van der Waals surface area (Å²) in [5.41, 5.74) is 1.17. The Kier molecular flexibility index (Phi) is 5.39. The molecule has 100 valence electrons. The molecule has 0 saturated carbocycles. The van der Waals surface area contributed by atoms with E-state index >= 15 is 0 Å². The first-order valence-corrected chi connectivity index (χ1v) is 7.16. The van der Waals surface area contributed by atoms with E-state index in [4.69, 9.17) is 0 Å². The van der Waals surface area contributed by atoms with Crippen LogP contribution in [0.4, 0.5) is 5.95 Å². The molecule has 1 N–H and O–H groups in total. The van der Waals surface area contributed by atoms with Crippen molar-refractivity contribution in [2.24, 2.45) is 0 Å². The minimum atomic E-state index is 0.869. The average Bonchev–Trinajstić information content (AvgIpc) is 2.69. The molecule has 1 aliphatic heterocycles. The van der Waals surface area contributed by atoms with Crippen LogP contribution in [0.2, 0.25) is 0 Å². The Morgan fingerprint density at radius 1 is 1.11 bits per heavy atom. The third kappa shape index (κ3) is 3.95. The van der Waals surface area contributed by atoms with Crippen molar-refractivity contribution >= 4 is 5.95 Å².